The Morgan fingerprint density at radius 3 is 2.44 bits per heavy atom. The van der Waals surface area contributed by atoms with Crippen LogP contribution in [-0.2, 0) is 0 Å². The molecule has 0 saturated heterocycles. The Bertz CT molecular complexity index is 919. The van der Waals surface area contributed by atoms with Crippen molar-refractivity contribution in [2.75, 3.05) is 5.32 Å². The first-order chi connectivity index (χ1) is 12.1. The average molecular weight is 333 g/mol. The number of nitrogens with two attached hydrogens (primary N) is 1. The maximum Gasteiger partial charge on any atom is 0.252 e. The van der Waals surface area contributed by atoms with E-state index in [-0.39, 0.29) is 23.5 Å². The summed E-state index contributed by atoms with van der Waals surface area (Å²) in [6, 6.07) is 20.6. The van der Waals surface area contributed by atoms with Crippen LogP contribution >= 0.6 is 0 Å². The number of nitrogens with zero attached hydrogens (tertiary/aromatic N) is 2. The van der Waals surface area contributed by atoms with Gasteiger partial charge in [0.1, 0.15) is 0 Å². The molecule has 4 N–H and O–H groups in total. The molecular weight excluding hydrogens is 314 g/mol. The molecular formula is C19H19N5O. The zero-order valence-electron chi connectivity index (χ0n) is 13.8. The van der Waals surface area contributed by atoms with Gasteiger partial charge in [-0.1, -0.05) is 60.7 Å². The van der Waals surface area contributed by atoms with Gasteiger partial charge in [-0.3, -0.25) is 15.1 Å². The Morgan fingerprint density at radius 2 is 1.76 bits per heavy atom. The Balaban J connectivity index is 1.82. The minimum Gasteiger partial charge on any atom is -0.370 e. The standard InChI is InChI=1S/C19H19N5O/c1-13(14-8-4-2-5-9-14)21-18(20)24-19-22-16(12-17(25)23-19)15-10-6-3-7-11-15/h2-13H,1H3,(H4,20,21,22,23,24,25). The van der Waals surface area contributed by atoms with Crippen molar-refractivity contribution in [2.45, 2.75) is 13.0 Å². The molecule has 0 aliphatic heterocycles. The average Bonchev–Trinajstić information content (AvgIpc) is 2.62. The van der Waals surface area contributed by atoms with Crippen LogP contribution in [0.2, 0.25) is 0 Å². The second-order valence-electron chi connectivity index (χ2n) is 5.57. The number of guanidine groups is 1. The van der Waals surface area contributed by atoms with Crippen LogP contribution in [0.4, 0.5) is 5.95 Å². The van der Waals surface area contributed by atoms with Crippen molar-refractivity contribution in [3.05, 3.63) is 82.6 Å². The van der Waals surface area contributed by atoms with E-state index in [4.69, 9.17) is 5.73 Å². The Labute approximate surface area is 145 Å². The monoisotopic (exact) mass is 333 g/mol. The SMILES string of the molecule is CC(N=C(N)Nc1nc(-c2ccccc2)cc(=O)[nH]1)c1ccccc1. The zero-order chi connectivity index (χ0) is 17.6. The Morgan fingerprint density at radius 1 is 1.12 bits per heavy atom. The van der Waals surface area contributed by atoms with Crippen LogP contribution in [-0.4, -0.2) is 15.9 Å². The van der Waals surface area contributed by atoms with Crippen molar-refractivity contribution in [1.29, 1.82) is 0 Å². The van der Waals surface area contributed by atoms with Crippen LogP contribution in [0.3, 0.4) is 0 Å². The summed E-state index contributed by atoms with van der Waals surface area (Å²) in [6.07, 6.45) is 0. The second kappa shape index (κ2) is 7.44. The van der Waals surface area contributed by atoms with Gasteiger partial charge in [-0.25, -0.2) is 9.98 Å². The number of rotatable bonds is 4. The fourth-order valence-corrected chi connectivity index (χ4v) is 2.44. The van der Waals surface area contributed by atoms with Crippen LogP contribution in [0.1, 0.15) is 18.5 Å². The van der Waals surface area contributed by atoms with Crippen LogP contribution in [0.15, 0.2) is 76.5 Å². The molecule has 0 saturated carbocycles. The molecule has 6 heteroatoms. The van der Waals surface area contributed by atoms with E-state index in [0.29, 0.717) is 5.69 Å². The van der Waals surface area contributed by atoms with Gasteiger partial charge in [0.15, 0.2) is 5.96 Å². The van der Waals surface area contributed by atoms with Crippen molar-refractivity contribution in [1.82, 2.24) is 9.97 Å². The third-order valence-electron chi connectivity index (χ3n) is 3.67. The number of aromatic nitrogens is 2. The molecule has 0 amide bonds. The molecule has 25 heavy (non-hydrogen) atoms. The third-order valence-corrected chi connectivity index (χ3v) is 3.67. The summed E-state index contributed by atoms with van der Waals surface area (Å²) >= 11 is 0. The van der Waals surface area contributed by atoms with Gasteiger partial charge in [-0.2, -0.15) is 0 Å². The molecule has 6 nitrogen and oxygen atoms in total. The molecule has 1 atom stereocenters. The topological polar surface area (TPSA) is 96.2 Å². The number of benzene rings is 2. The molecule has 0 spiro atoms. The fourth-order valence-electron chi connectivity index (χ4n) is 2.44. The van der Waals surface area contributed by atoms with Crippen molar-refractivity contribution < 1.29 is 0 Å². The van der Waals surface area contributed by atoms with Crippen LogP contribution in [0.5, 0.6) is 0 Å². The molecule has 2 aromatic carbocycles. The van der Waals surface area contributed by atoms with E-state index < -0.39 is 0 Å². The lowest BCUT2D eigenvalue weighted by molar-refractivity contribution is 0.817. The molecule has 0 aliphatic carbocycles. The summed E-state index contributed by atoms with van der Waals surface area (Å²) < 4.78 is 0. The predicted octanol–water partition coefficient (Wildman–Crippen LogP) is 2.92. The van der Waals surface area contributed by atoms with Gasteiger partial charge in [-0.05, 0) is 12.5 Å². The maximum absolute atomic E-state index is 11.9. The van der Waals surface area contributed by atoms with Gasteiger partial charge in [0, 0.05) is 11.6 Å². The highest BCUT2D eigenvalue weighted by Crippen LogP contribution is 2.17. The minimum atomic E-state index is -0.264. The number of aromatic amines is 1. The normalized spacial score (nSPS) is 12.6. The van der Waals surface area contributed by atoms with E-state index in [2.05, 4.69) is 20.3 Å². The van der Waals surface area contributed by atoms with E-state index in [1.165, 1.54) is 6.07 Å². The molecule has 0 radical (unpaired) electrons. The van der Waals surface area contributed by atoms with Gasteiger partial charge in [0.25, 0.3) is 5.56 Å². The number of hydrogen-bond acceptors (Lipinski definition) is 3. The summed E-state index contributed by atoms with van der Waals surface area (Å²) in [4.78, 5) is 23.3. The number of anilines is 1. The van der Waals surface area contributed by atoms with Crippen LogP contribution in [0.25, 0.3) is 11.3 Å². The summed E-state index contributed by atoms with van der Waals surface area (Å²) in [6.45, 7) is 1.94. The minimum absolute atomic E-state index is 0.113. The van der Waals surface area contributed by atoms with E-state index in [0.717, 1.165) is 11.1 Å². The Kier molecular flexibility index (Phi) is 4.89. The number of H-pyrrole nitrogens is 1. The van der Waals surface area contributed by atoms with E-state index in [1.54, 1.807) is 0 Å². The smallest absolute Gasteiger partial charge is 0.252 e. The highest BCUT2D eigenvalue weighted by atomic mass is 16.1. The van der Waals surface area contributed by atoms with Crippen molar-refractivity contribution >= 4 is 11.9 Å². The first kappa shape index (κ1) is 16.4. The number of hydrogen-bond donors (Lipinski definition) is 3. The van der Waals surface area contributed by atoms with E-state index >= 15 is 0 Å². The Hall–Kier alpha value is -3.41. The lowest BCUT2D eigenvalue weighted by Gasteiger charge is -2.10. The zero-order valence-corrected chi connectivity index (χ0v) is 13.8. The molecule has 1 unspecified atom stereocenters. The molecule has 1 aromatic heterocycles. The second-order valence-corrected chi connectivity index (χ2v) is 5.57. The molecule has 3 rings (SSSR count). The molecule has 1 heterocycles. The fraction of sp³-hybridized carbons (Fsp3) is 0.105. The lowest BCUT2D eigenvalue weighted by Crippen LogP contribution is -2.26. The number of nitrogens with one attached hydrogen (secondary N) is 2. The number of aliphatic imine (C=N–C) groups is 1. The maximum atomic E-state index is 11.9. The van der Waals surface area contributed by atoms with Gasteiger partial charge in [0.2, 0.25) is 5.95 Å². The lowest BCUT2D eigenvalue weighted by atomic mass is 10.1. The van der Waals surface area contributed by atoms with Crippen LogP contribution in [0, 0.1) is 0 Å². The molecule has 0 aliphatic rings. The highest BCUT2D eigenvalue weighted by Gasteiger charge is 2.07. The van der Waals surface area contributed by atoms with Gasteiger partial charge in [-0.15, -0.1) is 0 Å². The molecule has 0 bridgehead atoms. The van der Waals surface area contributed by atoms with Gasteiger partial charge in [0.05, 0.1) is 11.7 Å². The molecule has 126 valence electrons. The van der Waals surface area contributed by atoms with E-state index in [1.807, 2.05) is 67.6 Å². The van der Waals surface area contributed by atoms with Gasteiger partial charge < -0.3 is 5.73 Å². The summed E-state index contributed by atoms with van der Waals surface area (Å²) in [5, 5.41) is 2.85. The van der Waals surface area contributed by atoms with E-state index in [9.17, 15) is 4.79 Å². The van der Waals surface area contributed by atoms with Gasteiger partial charge >= 0.3 is 0 Å². The summed E-state index contributed by atoms with van der Waals surface area (Å²) in [5.74, 6) is 0.442. The molecule has 0 fully saturated rings. The third kappa shape index (κ3) is 4.32. The van der Waals surface area contributed by atoms with Crippen molar-refractivity contribution in [2.24, 2.45) is 10.7 Å². The van der Waals surface area contributed by atoms with Crippen molar-refractivity contribution in [3.8, 4) is 11.3 Å². The van der Waals surface area contributed by atoms with Crippen LogP contribution < -0.4 is 16.6 Å². The predicted molar refractivity (Wildman–Crippen MR) is 100 cm³/mol. The highest BCUT2D eigenvalue weighted by molar-refractivity contribution is 5.90. The first-order valence-corrected chi connectivity index (χ1v) is 7.94. The first-order valence-electron chi connectivity index (χ1n) is 7.94. The summed E-state index contributed by atoms with van der Waals surface area (Å²) in [7, 11) is 0. The molecule has 3 aromatic rings. The quantitative estimate of drug-likeness (QED) is 0.505. The summed E-state index contributed by atoms with van der Waals surface area (Å²) in [5.41, 5.74) is 8.16. The van der Waals surface area contributed by atoms with Crippen molar-refractivity contribution in [3.63, 3.8) is 0 Å². The largest absolute Gasteiger partial charge is 0.370 e.